The summed E-state index contributed by atoms with van der Waals surface area (Å²) in [5, 5.41) is 5.49. The van der Waals surface area contributed by atoms with Crippen molar-refractivity contribution in [3.8, 4) is 11.5 Å². The van der Waals surface area contributed by atoms with Crippen molar-refractivity contribution in [1.29, 1.82) is 0 Å². The Kier molecular flexibility index (Phi) is 5.20. The Morgan fingerprint density at radius 3 is 2.33 bits per heavy atom. The zero-order valence-electron chi connectivity index (χ0n) is 17.1. The van der Waals surface area contributed by atoms with Gasteiger partial charge in [-0.05, 0) is 54.2 Å². The topological polar surface area (TPSA) is 93.7 Å². The Labute approximate surface area is 194 Å². The van der Waals surface area contributed by atoms with E-state index in [1.165, 1.54) is 6.08 Å². The molecule has 0 unspecified atom stereocenters. The van der Waals surface area contributed by atoms with Crippen LogP contribution in [0.2, 0.25) is 0 Å². The highest BCUT2D eigenvalue weighted by Crippen LogP contribution is 2.33. The first-order chi connectivity index (χ1) is 16.0. The molecule has 0 saturated heterocycles. The molecule has 1 aliphatic heterocycles. The van der Waals surface area contributed by atoms with Gasteiger partial charge in [-0.25, -0.2) is 0 Å². The first kappa shape index (κ1) is 20.6. The number of nitrogens with one attached hydrogen (secondary N) is 2. The first-order valence-electron chi connectivity index (χ1n) is 10.0. The Morgan fingerprint density at radius 2 is 1.55 bits per heavy atom. The van der Waals surface area contributed by atoms with Crippen molar-refractivity contribution in [2.45, 2.75) is 0 Å². The monoisotopic (exact) mass is 456 g/mol. The minimum absolute atomic E-state index is 0.0604. The molecule has 1 amide bonds. The number of hydrogen-bond acceptors (Lipinski definition) is 6. The van der Waals surface area contributed by atoms with Gasteiger partial charge in [-0.2, -0.15) is 0 Å². The van der Waals surface area contributed by atoms with Gasteiger partial charge in [-0.3, -0.25) is 19.7 Å². The Morgan fingerprint density at radius 1 is 0.848 bits per heavy atom. The summed E-state index contributed by atoms with van der Waals surface area (Å²) < 4.78 is 10.6. The highest BCUT2D eigenvalue weighted by Gasteiger charge is 2.29. The molecule has 0 fully saturated rings. The van der Waals surface area contributed by atoms with Gasteiger partial charge in [-0.15, -0.1) is 0 Å². The Hall–Kier alpha value is -4.30. The lowest BCUT2D eigenvalue weighted by Gasteiger charge is -2.18. The maximum Gasteiger partial charge on any atom is 0.250 e. The summed E-state index contributed by atoms with van der Waals surface area (Å²) in [4.78, 5) is 37.8. The average molecular weight is 456 g/mol. The number of ketones is 2. The van der Waals surface area contributed by atoms with Crippen molar-refractivity contribution < 1.29 is 23.9 Å². The molecular weight excluding hydrogens is 440 g/mol. The molecule has 0 spiro atoms. The van der Waals surface area contributed by atoms with E-state index >= 15 is 0 Å². The van der Waals surface area contributed by atoms with E-state index in [0.29, 0.717) is 39.4 Å². The number of fused-ring (bicyclic) bond motifs is 3. The standard InChI is InChI=1S/C25H16N2O5S/c28-22(10-6-14-5-9-20-21(11-14)32-13-31-20)27-25(33)26-15-7-8-18-19(12-15)24(30)17-4-2-1-3-16(17)23(18)29/h1-12H,13H2,(H2,26,27,28,33). The van der Waals surface area contributed by atoms with Crippen LogP contribution in [0.5, 0.6) is 11.5 Å². The third kappa shape index (κ3) is 3.99. The van der Waals surface area contributed by atoms with E-state index in [-0.39, 0.29) is 23.5 Å². The number of benzene rings is 3. The molecule has 0 bridgehead atoms. The van der Waals surface area contributed by atoms with Crippen LogP contribution in [0.4, 0.5) is 5.69 Å². The predicted octanol–water partition coefficient (Wildman–Crippen LogP) is 3.72. The molecular formula is C25H16N2O5S. The second-order valence-corrected chi connectivity index (χ2v) is 7.76. The van der Waals surface area contributed by atoms with Gasteiger partial charge >= 0.3 is 0 Å². The van der Waals surface area contributed by atoms with Crippen LogP contribution in [0.15, 0.2) is 66.7 Å². The van der Waals surface area contributed by atoms with Gasteiger partial charge in [0.05, 0.1) is 0 Å². The largest absolute Gasteiger partial charge is 0.454 e. The van der Waals surface area contributed by atoms with Crippen LogP contribution >= 0.6 is 12.2 Å². The number of carbonyl (C=O) groups is 3. The third-order valence-electron chi connectivity index (χ3n) is 5.24. The van der Waals surface area contributed by atoms with Crippen LogP contribution in [0.1, 0.15) is 37.4 Å². The van der Waals surface area contributed by atoms with E-state index in [1.807, 2.05) is 0 Å². The molecule has 3 aromatic carbocycles. The summed E-state index contributed by atoms with van der Waals surface area (Å²) in [7, 11) is 0. The minimum Gasteiger partial charge on any atom is -0.454 e. The average Bonchev–Trinajstić information content (AvgIpc) is 3.29. The smallest absolute Gasteiger partial charge is 0.250 e. The molecule has 2 N–H and O–H groups in total. The van der Waals surface area contributed by atoms with Gasteiger partial charge in [-0.1, -0.05) is 30.3 Å². The van der Waals surface area contributed by atoms with Crippen molar-refractivity contribution in [2.75, 3.05) is 12.1 Å². The maximum absolute atomic E-state index is 12.9. The lowest BCUT2D eigenvalue weighted by molar-refractivity contribution is -0.115. The van der Waals surface area contributed by atoms with E-state index < -0.39 is 5.91 Å². The highest BCUT2D eigenvalue weighted by molar-refractivity contribution is 7.80. The molecule has 8 heteroatoms. The van der Waals surface area contributed by atoms with Crippen molar-refractivity contribution in [2.24, 2.45) is 0 Å². The number of anilines is 1. The summed E-state index contributed by atoms with van der Waals surface area (Å²) in [6.07, 6.45) is 2.97. The quantitative estimate of drug-likeness (QED) is 0.359. The second-order valence-electron chi connectivity index (χ2n) is 7.35. The molecule has 2 aliphatic rings. The van der Waals surface area contributed by atoms with E-state index in [1.54, 1.807) is 66.7 Å². The fourth-order valence-electron chi connectivity index (χ4n) is 3.68. The Balaban J connectivity index is 1.25. The van der Waals surface area contributed by atoms with E-state index in [4.69, 9.17) is 21.7 Å². The van der Waals surface area contributed by atoms with E-state index in [0.717, 1.165) is 5.56 Å². The molecule has 7 nitrogen and oxygen atoms in total. The van der Waals surface area contributed by atoms with Crippen LogP contribution in [-0.4, -0.2) is 29.4 Å². The minimum atomic E-state index is -0.427. The molecule has 0 radical (unpaired) electrons. The normalized spacial score (nSPS) is 13.5. The number of thiocarbonyl (C=S) groups is 1. The summed E-state index contributed by atoms with van der Waals surface area (Å²) in [6.45, 7) is 0.178. The highest BCUT2D eigenvalue weighted by atomic mass is 32.1. The van der Waals surface area contributed by atoms with Crippen molar-refractivity contribution in [1.82, 2.24) is 5.32 Å². The molecule has 33 heavy (non-hydrogen) atoms. The van der Waals surface area contributed by atoms with Gasteiger partial charge < -0.3 is 14.8 Å². The van der Waals surface area contributed by atoms with Crippen LogP contribution in [0.3, 0.4) is 0 Å². The second kappa shape index (κ2) is 8.33. The van der Waals surface area contributed by atoms with Crippen LogP contribution in [-0.2, 0) is 4.79 Å². The van der Waals surface area contributed by atoms with Crippen molar-refractivity contribution in [3.63, 3.8) is 0 Å². The fourth-order valence-corrected chi connectivity index (χ4v) is 3.90. The van der Waals surface area contributed by atoms with Crippen LogP contribution < -0.4 is 20.1 Å². The van der Waals surface area contributed by atoms with Crippen molar-refractivity contribution >= 4 is 46.6 Å². The van der Waals surface area contributed by atoms with Gasteiger partial charge in [0.25, 0.3) is 0 Å². The SMILES string of the molecule is O=C(C=Cc1ccc2c(c1)OCO2)NC(=S)Nc1ccc2c(c1)C(=O)c1ccccc1C2=O. The molecule has 0 aromatic heterocycles. The lowest BCUT2D eigenvalue weighted by Crippen LogP contribution is -2.33. The van der Waals surface area contributed by atoms with Gasteiger partial charge in [0.1, 0.15) is 0 Å². The predicted molar refractivity (Wildman–Crippen MR) is 126 cm³/mol. The first-order valence-corrected chi connectivity index (χ1v) is 10.4. The van der Waals surface area contributed by atoms with E-state index in [9.17, 15) is 14.4 Å². The molecule has 1 aliphatic carbocycles. The van der Waals surface area contributed by atoms with Crippen LogP contribution in [0, 0.1) is 0 Å². The summed E-state index contributed by atoms with van der Waals surface area (Å²) in [5.74, 6) is 0.429. The van der Waals surface area contributed by atoms with E-state index in [2.05, 4.69) is 10.6 Å². The maximum atomic E-state index is 12.9. The molecule has 3 aromatic rings. The number of rotatable bonds is 3. The Bertz CT molecular complexity index is 1380. The van der Waals surface area contributed by atoms with Gasteiger partial charge in [0.2, 0.25) is 12.7 Å². The third-order valence-corrected chi connectivity index (χ3v) is 5.45. The molecule has 5 rings (SSSR count). The van der Waals surface area contributed by atoms with Crippen LogP contribution in [0.25, 0.3) is 6.08 Å². The zero-order valence-corrected chi connectivity index (χ0v) is 17.9. The van der Waals surface area contributed by atoms with Crippen molar-refractivity contribution in [3.05, 3.63) is 94.6 Å². The molecule has 1 heterocycles. The van der Waals surface area contributed by atoms with Gasteiger partial charge in [0.15, 0.2) is 28.2 Å². The summed E-state index contributed by atoms with van der Waals surface area (Å²) in [5.41, 5.74) is 2.65. The molecule has 0 saturated carbocycles. The number of carbonyl (C=O) groups excluding carboxylic acids is 3. The lowest BCUT2D eigenvalue weighted by atomic mass is 9.84. The van der Waals surface area contributed by atoms with Gasteiger partial charge in [0, 0.05) is 34.0 Å². The fraction of sp³-hybridized carbons (Fsp3) is 0.0400. The molecule has 162 valence electrons. The molecule has 0 atom stereocenters. The number of ether oxygens (including phenoxy) is 2. The number of amides is 1. The summed E-state index contributed by atoms with van der Waals surface area (Å²) >= 11 is 5.21. The number of hydrogen-bond donors (Lipinski definition) is 2. The zero-order chi connectivity index (χ0) is 22.9. The summed E-state index contributed by atoms with van der Waals surface area (Å²) in [6, 6.07) is 16.9.